The number of carbonyl (C=O) groups is 2. The molecule has 1 aromatic carbocycles. The Bertz CT molecular complexity index is 1100. The lowest BCUT2D eigenvalue weighted by molar-refractivity contribution is -0.122. The van der Waals surface area contributed by atoms with Gasteiger partial charge >= 0.3 is 11.7 Å². The molecule has 3 aromatic rings. The molecule has 0 aliphatic rings. The number of benzene rings is 1. The number of nitrogens with one attached hydrogen (secondary N) is 1. The summed E-state index contributed by atoms with van der Waals surface area (Å²) in [5.74, 6) is -0.661. The van der Waals surface area contributed by atoms with Gasteiger partial charge in [-0.3, -0.25) is 14.0 Å². The van der Waals surface area contributed by atoms with Crippen molar-refractivity contribution in [1.82, 2.24) is 24.2 Å². The van der Waals surface area contributed by atoms with Crippen LogP contribution in [0.5, 0.6) is 0 Å². The fraction of sp³-hybridized carbons (Fsp3) is 0.368. The first-order valence-corrected chi connectivity index (χ1v) is 8.88. The zero-order chi connectivity index (χ0) is 20.6. The largest absolute Gasteiger partial charge is 0.368 e. The van der Waals surface area contributed by atoms with Gasteiger partial charge in [0.15, 0.2) is 0 Å². The number of aromatic nitrogens is 4. The molecule has 3 N–H and O–H groups in total. The number of imidazole rings is 1. The predicted octanol–water partition coefficient (Wildman–Crippen LogP) is 1.04. The highest BCUT2D eigenvalue weighted by molar-refractivity contribution is 5.92. The monoisotopic (exact) mass is 384 g/mol. The molecule has 9 nitrogen and oxygen atoms in total. The third-order valence-electron chi connectivity index (χ3n) is 4.55. The summed E-state index contributed by atoms with van der Waals surface area (Å²) in [6.07, 6.45) is 1.78. The van der Waals surface area contributed by atoms with Gasteiger partial charge in [-0.15, -0.1) is 0 Å². The SMILES string of the molecule is Cn1ccc(Cn2c(=O)n(C(=O)N[C@H](C(N)=O)C(C)(C)C)c3ccccc32)n1. The summed E-state index contributed by atoms with van der Waals surface area (Å²) in [4.78, 5) is 37.8. The Balaban J connectivity index is 2.06. The van der Waals surface area contributed by atoms with Gasteiger partial charge in [0.1, 0.15) is 6.04 Å². The van der Waals surface area contributed by atoms with Crippen LogP contribution in [0, 0.1) is 5.41 Å². The molecular weight excluding hydrogens is 360 g/mol. The van der Waals surface area contributed by atoms with Gasteiger partial charge in [-0.05, 0) is 23.6 Å². The van der Waals surface area contributed by atoms with Crippen LogP contribution in [-0.2, 0) is 18.4 Å². The minimum atomic E-state index is -0.926. The minimum Gasteiger partial charge on any atom is -0.368 e. The summed E-state index contributed by atoms with van der Waals surface area (Å²) in [6.45, 7) is 5.58. The number of hydrogen-bond acceptors (Lipinski definition) is 4. The first kappa shape index (κ1) is 19.4. The van der Waals surface area contributed by atoms with E-state index in [9.17, 15) is 14.4 Å². The lowest BCUT2D eigenvalue weighted by atomic mass is 9.86. The van der Waals surface area contributed by atoms with Crippen LogP contribution in [0.4, 0.5) is 4.79 Å². The third-order valence-corrected chi connectivity index (χ3v) is 4.55. The molecule has 2 amide bonds. The second-order valence-corrected chi connectivity index (χ2v) is 7.82. The maximum atomic E-state index is 13.1. The molecule has 1 atom stereocenters. The van der Waals surface area contributed by atoms with E-state index >= 15 is 0 Å². The van der Waals surface area contributed by atoms with E-state index in [1.54, 1.807) is 69.0 Å². The number of aryl methyl sites for hydroxylation is 1. The quantitative estimate of drug-likeness (QED) is 0.699. The molecule has 0 saturated carbocycles. The summed E-state index contributed by atoms with van der Waals surface area (Å²) in [7, 11) is 1.79. The average molecular weight is 384 g/mol. The summed E-state index contributed by atoms with van der Waals surface area (Å²) in [6, 6.07) is 7.16. The van der Waals surface area contributed by atoms with Crippen molar-refractivity contribution in [2.75, 3.05) is 0 Å². The Morgan fingerprint density at radius 3 is 2.36 bits per heavy atom. The molecule has 0 saturated heterocycles. The molecule has 0 bridgehead atoms. The zero-order valence-corrected chi connectivity index (χ0v) is 16.3. The van der Waals surface area contributed by atoms with Gasteiger partial charge < -0.3 is 11.1 Å². The topological polar surface area (TPSA) is 117 Å². The molecule has 3 rings (SSSR count). The second-order valence-electron chi connectivity index (χ2n) is 7.82. The highest BCUT2D eigenvalue weighted by Crippen LogP contribution is 2.20. The lowest BCUT2D eigenvalue weighted by Crippen LogP contribution is -2.54. The molecule has 2 heterocycles. The van der Waals surface area contributed by atoms with Crippen molar-refractivity contribution in [3.8, 4) is 0 Å². The van der Waals surface area contributed by atoms with Gasteiger partial charge in [-0.1, -0.05) is 32.9 Å². The molecule has 0 aliphatic carbocycles. The van der Waals surface area contributed by atoms with E-state index in [2.05, 4.69) is 10.4 Å². The second kappa shape index (κ2) is 6.99. The fourth-order valence-electron chi connectivity index (χ4n) is 3.17. The van der Waals surface area contributed by atoms with Gasteiger partial charge in [0, 0.05) is 13.2 Å². The number of hydrogen-bond donors (Lipinski definition) is 2. The van der Waals surface area contributed by atoms with E-state index in [0.29, 0.717) is 16.7 Å². The van der Waals surface area contributed by atoms with Crippen LogP contribution in [0.2, 0.25) is 0 Å². The van der Waals surface area contributed by atoms with Crippen molar-refractivity contribution >= 4 is 23.0 Å². The molecule has 28 heavy (non-hydrogen) atoms. The smallest absolute Gasteiger partial charge is 0.337 e. The number of primary amides is 1. The summed E-state index contributed by atoms with van der Waals surface area (Å²) < 4.78 is 4.15. The average Bonchev–Trinajstić information content (AvgIpc) is 3.13. The van der Waals surface area contributed by atoms with Crippen molar-refractivity contribution in [3.63, 3.8) is 0 Å². The number of carbonyl (C=O) groups excluding carboxylic acids is 2. The highest BCUT2D eigenvalue weighted by Gasteiger charge is 2.32. The van der Waals surface area contributed by atoms with Crippen LogP contribution in [0.15, 0.2) is 41.3 Å². The predicted molar refractivity (Wildman–Crippen MR) is 105 cm³/mol. The van der Waals surface area contributed by atoms with Gasteiger partial charge in [-0.2, -0.15) is 5.10 Å². The standard InChI is InChI=1S/C19H24N6O3/c1-19(2,3)15(16(20)26)21-17(27)25-14-8-6-5-7-13(14)24(18(25)28)11-12-9-10-23(4)22-12/h5-10,15H,11H2,1-4H3,(H2,20,26)(H,21,27)/t15-/m1/s1. The van der Waals surface area contributed by atoms with Crippen LogP contribution in [-0.4, -0.2) is 36.9 Å². The maximum absolute atomic E-state index is 13.1. The summed E-state index contributed by atoms with van der Waals surface area (Å²) in [5.41, 5.74) is 6.07. The molecule has 0 spiro atoms. The van der Waals surface area contributed by atoms with E-state index in [1.165, 1.54) is 4.57 Å². The van der Waals surface area contributed by atoms with Crippen molar-refractivity contribution in [2.24, 2.45) is 18.2 Å². The van der Waals surface area contributed by atoms with Crippen LogP contribution in [0.25, 0.3) is 11.0 Å². The van der Waals surface area contributed by atoms with Crippen LogP contribution < -0.4 is 16.7 Å². The number of para-hydroxylation sites is 2. The number of fused-ring (bicyclic) bond motifs is 1. The number of nitrogens with zero attached hydrogens (tertiary/aromatic N) is 4. The maximum Gasteiger partial charge on any atom is 0.337 e. The van der Waals surface area contributed by atoms with Crippen LogP contribution in [0.1, 0.15) is 26.5 Å². The van der Waals surface area contributed by atoms with E-state index < -0.39 is 29.1 Å². The molecule has 2 aromatic heterocycles. The van der Waals surface area contributed by atoms with Crippen LogP contribution in [0.3, 0.4) is 0 Å². The van der Waals surface area contributed by atoms with Gasteiger partial charge in [0.2, 0.25) is 5.91 Å². The Morgan fingerprint density at radius 1 is 1.18 bits per heavy atom. The van der Waals surface area contributed by atoms with Gasteiger partial charge in [-0.25, -0.2) is 14.2 Å². The third kappa shape index (κ3) is 3.55. The van der Waals surface area contributed by atoms with E-state index in [0.717, 1.165) is 4.57 Å². The Kier molecular flexibility index (Phi) is 4.84. The van der Waals surface area contributed by atoms with E-state index in [-0.39, 0.29) is 6.54 Å². The molecule has 0 aliphatic heterocycles. The Labute approximate surface area is 161 Å². The first-order valence-electron chi connectivity index (χ1n) is 8.88. The zero-order valence-electron chi connectivity index (χ0n) is 16.3. The van der Waals surface area contributed by atoms with Crippen molar-refractivity contribution in [3.05, 3.63) is 52.7 Å². The summed E-state index contributed by atoms with van der Waals surface area (Å²) in [5, 5.41) is 6.90. The van der Waals surface area contributed by atoms with Crippen molar-refractivity contribution in [1.29, 1.82) is 0 Å². The van der Waals surface area contributed by atoms with E-state index in [4.69, 9.17) is 5.73 Å². The molecule has 0 fully saturated rings. The fourth-order valence-corrected chi connectivity index (χ4v) is 3.17. The number of nitrogens with two attached hydrogens (primary N) is 1. The highest BCUT2D eigenvalue weighted by atomic mass is 16.2. The molecule has 0 radical (unpaired) electrons. The minimum absolute atomic E-state index is 0.221. The van der Waals surface area contributed by atoms with Crippen molar-refractivity contribution < 1.29 is 9.59 Å². The lowest BCUT2D eigenvalue weighted by Gasteiger charge is -2.28. The number of rotatable bonds is 4. The molecular formula is C19H24N6O3. The molecule has 148 valence electrons. The molecule has 9 heteroatoms. The van der Waals surface area contributed by atoms with Gasteiger partial charge in [0.25, 0.3) is 0 Å². The Morgan fingerprint density at radius 2 is 1.82 bits per heavy atom. The van der Waals surface area contributed by atoms with Crippen LogP contribution >= 0.6 is 0 Å². The van der Waals surface area contributed by atoms with Gasteiger partial charge in [0.05, 0.1) is 23.3 Å². The molecule has 0 unspecified atom stereocenters. The van der Waals surface area contributed by atoms with E-state index in [1.807, 2.05) is 0 Å². The first-order chi connectivity index (χ1) is 13.1. The van der Waals surface area contributed by atoms with Crippen molar-refractivity contribution in [2.45, 2.75) is 33.4 Å². The number of amides is 2. The Hall–Kier alpha value is -3.36. The summed E-state index contributed by atoms with van der Waals surface area (Å²) >= 11 is 0. The normalized spacial score (nSPS) is 12.9.